The van der Waals surface area contributed by atoms with E-state index in [-0.39, 0.29) is 18.9 Å². The van der Waals surface area contributed by atoms with Gasteiger partial charge in [-0.1, -0.05) is 22.7 Å². The summed E-state index contributed by atoms with van der Waals surface area (Å²) in [6.45, 7) is 4.78. The first-order valence-electron chi connectivity index (χ1n) is 7.74. The molecular formula is C16H18N4O6S. The summed E-state index contributed by atoms with van der Waals surface area (Å²) in [5.41, 5.74) is 5.07. The van der Waals surface area contributed by atoms with Crippen molar-refractivity contribution in [1.82, 2.24) is 4.47 Å². The van der Waals surface area contributed by atoms with E-state index in [0.717, 1.165) is 12.1 Å². The standard InChI is InChI=1S/C16H18N4O6S/c1-3-8-26-20(14-10-18-12(16(17)21)9-11(14)2)27(24,25)15-7-5-4-6-13(15)19(22)23/h3-7,9,14H,1,8,10H2,2H3,(H2,17,21). The van der Waals surface area contributed by atoms with E-state index in [1.807, 2.05) is 0 Å². The maximum atomic E-state index is 13.1. The Kier molecular flexibility index (Phi) is 6.20. The first-order chi connectivity index (χ1) is 12.7. The molecule has 0 saturated carbocycles. The second kappa shape index (κ2) is 8.20. The van der Waals surface area contributed by atoms with Crippen LogP contribution in [0.25, 0.3) is 0 Å². The van der Waals surface area contributed by atoms with Crippen LogP contribution < -0.4 is 5.73 Å². The lowest BCUT2D eigenvalue weighted by Gasteiger charge is -2.30. The number of nitrogens with two attached hydrogens (primary N) is 1. The molecule has 1 aromatic carbocycles. The normalized spacial score (nSPS) is 17.2. The topological polar surface area (TPSA) is 145 Å². The zero-order valence-corrected chi connectivity index (χ0v) is 15.3. The van der Waals surface area contributed by atoms with E-state index in [1.165, 1.54) is 24.3 Å². The molecule has 1 atom stereocenters. The predicted molar refractivity (Wildman–Crippen MR) is 97.3 cm³/mol. The summed E-state index contributed by atoms with van der Waals surface area (Å²) in [6.07, 6.45) is 2.69. The number of nitro groups is 1. The molecule has 0 saturated heterocycles. The van der Waals surface area contributed by atoms with Crippen LogP contribution in [0.5, 0.6) is 0 Å². The number of hydroxylamine groups is 1. The molecular weight excluding hydrogens is 376 g/mol. The summed E-state index contributed by atoms with van der Waals surface area (Å²) in [7, 11) is -4.42. The van der Waals surface area contributed by atoms with Gasteiger partial charge >= 0.3 is 0 Å². The van der Waals surface area contributed by atoms with Crippen molar-refractivity contribution >= 4 is 27.3 Å². The summed E-state index contributed by atoms with van der Waals surface area (Å²) in [5.74, 6) is -0.743. The Morgan fingerprint density at radius 1 is 1.52 bits per heavy atom. The maximum absolute atomic E-state index is 13.1. The monoisotopic (exact) mass is 394 g/mol. The van der Waals surface area contributed by atoms with Crippen LogP contribution >= 0.6 is 0 Å². The minimum absolute atomic E-state index is 0.00973. The third-order valence-electron chi connectivity index (χ3n) is 3.73. The highest BCUT2D eigenvalue weighted by Gasteiger charge is 2.38. The van der Waals surface area contributed by atoms with Crippen molar-refractivity contribution in [2.75, 3.05) is 13.2 Å². The van der Waals surface area contributed by atoms with Gasteiger partial charge in [-0.25, -0.2) is 8.42 Å². The van der Waals surface area contributed by atoms with Crippen molar-refractivity contribution in [1.29, 1.82) is 0 Å². The van der Waals surface area contributed by atoms with Crippen LogP contribution in [0.1, 0.15) is 6.92 Å². The smallest absolute Gasteiger partial charge is 0.289 e. The molecule has 1 aliphatic heterocycles. The summed E-state index contributed by atoms with van der Waals surface area (Å²) in [4.78, 5) is 30.5. The Balaban J connectivity index is 2.51. The molecule has 0 radical (unpaired) electrons. The molecule has 144 valence electrons. The van der Waals surface area contributed by atoms with Gasteiger partial charge in [-0.3, -0.25) is 24.7 Å². The number of dihydropyridines is 1. The van der Waals surface area contributed by atoms with Gasteiger partial charge in [0.1, 0.15) is 5.71 Å². The van der Waals surface area contributed by atoms with Crippen LogP contribution in [0.3, 0.4) is 0 Å². The number of hydrogen-bond donors (Lipinski definition) is 1. The van der Waals surface area contributed by atoms with Crippen LogP contribution in [0.2, 0.25) is 0 Å². The molecule has 1 heterocycles. The molecule has 0 fully saturated rings. The van der Waals surface area contributed by atoms with Crippen molar-refractivity contribution in [2.24, 2.45) is 10.7 Å². The summed E-state index contributed by atoms with van der Waals surface area (Å²) in [5, 5.41) is 11.2. The molecule has 2 N–H and O–H groups in total. The Bertz CT molecular complexity index is 938. The van der Waals surface area contributed by atoms with E-state index in [2.05, 4.69) is 11.6 Å². The fourth-order valence-corrected chi connectivity index (χ4v) is 4.06. The zero-order chi connectivity index (χ0) is 20.2. The fraction of sp³-hybridized carbons (Fsp3) is 0.250. The predicted octanol–water partition coefficient (Wildman–Crippen LogP) is 0.958. The zero-order valence-electron chi connectivity index (χ0n) is 14.4. The number of primary amides is 1. The molecule has 2 rings (SSSR count). The number of carbonyl (C=O) groups excluding carboxylic acids is 1. The van der Waals surface area contributed by atoms with Crippen molar-refractivity contribution in [2.45, 2.75) is 17.9 Å². The van der Waals surface area contributed by atoms with Crippen LogP contribution in [0, 0.1) is 10.1 Å². The van der Waals surface area contributed by atoms with E-state index in [4.69, 9.17) is 10.6 Å². The van der Waals surface area contributed by atoms with Crippen molar-refractivity contribution in [3.8, 4) is 0 Å². The van der Waals surface area contributed by atoms with Crippen molar-refractivity contribution in [3.05, 3.63) is 58.7 Å². The van der Waals surface area contributed by atoms with Crippen molar-refractivity contribution < 1.29 is 23.0 Å². The van der Waals surface area contributed by atoms with Crippen LogP contribution in [-0.4, -0.2) is 48.6 Å². The third kappa shape index (κ3) is 4.27. The quantitative estimate of drug-likeness (QED) is 0.395. The molecule has 0 aromatic heterocycles. The molecule has 1 amide bonds. The minimum Gasteiger partial charge on any atom is -0.364 e. The average Bonchev–Trinajstić information content (AvgIpc) is 2.62. The number of aliphatic imine (C=N–C) groups is 1. The molecule has 0 spiro atoms. The van der Waals surface area contributed by atoms with Crippen LogP contribution in [0.4, 0.5) is 5.69 Å². The van der Waals surface area contributed by atoms with Gasteiger partial charge in [0.15, 0.2) is 4.90 Å². The van der Waals surface area contributed by atoms with Gasteiger partial charge in [0.2, 0.25) is 0 Å². The van der Waals surface area contributed by atoms with Gasteiger partial charge in [-0.05, 0) is 24.6 Å². The van der Waals surface area contributed by atoms with Gasteiger partial charge in [0, 0.05) is 6.07 Å². The van der Waals surface area contributed by atoms with Crippen LogP contribution in [-0.2, 0) is 19.7 Å². The van der Waals surface area contributed by atoms with Crippen molar-refractivity contribution in [3.63, 3.8) is 0 Å². The Labute approximate surface area is 155 Å². The van der Waals surface area contributed by atoms with Gasteiger partial charge in [0.05, 0.1) is 24.1 Å². The first kappa shape index (κ1) is 20.4. The fourth-order valence-electron chi connectivity index (χ4n) is 2.44. The molecule has 0 bridgehead atoms. The number of para-hydroxylation sites is 1. The molecule has 1 aliphatic rings. The third-order valence-corrected chi connectivity index (χ3v) is 5.46. The lowest BCUT2D eigenvalue weighted by atomic mass is 10.0. The Morgan fingerprint density at radius 3 is 2.74 bits per heavy atom. The highest BCUT2D eigenvalue weighted by molar-refractivity contribution is 7.89. The SMILES string of the molecule is C=CCON(C1CN=C(C(N)=O)C=C1C)S(=O)(=O)c1ccccc1[N+](=O)[O-]. The number of sulfonamides is 1. The summed E-state index contributed by atoms with van der Waals surface area (Å²) < 4.78 is 26.9. The van der Waals surface area contributed by atoms with Gasteiger partial charge < -0.3 is 5.73 Å². The lowest BCUT2D eigenvalue weighted by molar-refractivity contribution is -0.387. The molecule has 0 aliphatic carbocycles. The number of benzene rings is 1. The molecule has 1 unspecified atom stereocenters. The van der Waals surface area contributed by atoms with E-state index in [0.29, 0.717) is 10.0 Å². The largest absolute Gasteiger partial charge is 0.364 e. The number of hydrogen-bond acceptors (Lipinski definition) is 7. The van der Waals surface area contributed by atoms with E-state index < -0.39 is 37.5 Å². The summed E-state index contributed by atoms with van der Waals surface area (Å²) in [6, 6.07) is 4.04. The number of nitro benzene ring substituents is 1. The number of carbonyl (C=O) groups is 1. The molecule has 11 heteroatoms. The minimum atomic E-state index is -4.42. The second-order valence-corrected chi connectivity index (χ2v) is 7.31. The molecule has 27 heavy (non-hydrogen) atoms. The Morgan fingerprint density at radius 2 is 2.19 bits per heavy atom. The van der Waals surface area contributed by atoms with Gasteiger partial charge in [0.25, 0.3) is 21.6 Å². The molecule has 10 nitrogen and oxygen atoms in total. The van der Waals surface area contributed by atoms with Crippen LogP contribution in [0.15, 0.2) is 58.5 Å². The summed E-state index contributed by atoms with van der Waals surface area (Å²) >= 11 is 0. The maximum Gasteiger partial charge on any atom is 0.289 e. The van der Waals surface area contributed by atoms with E-state index in [1.54, 1.807) is 6.92 Å². The second-order valence-electron chi connectivity index (χ2n) is 5.56. The highest BCUT2D eigenvalue weighted by atomic mass is 32.2. The lowest BCUT2D eigenvalue weighted by Crippen LogP contribution is -2.45. The molecule has 1 aromatic rings. The number of rotatable bonds is 8. The Hall–Kier alpha value is -2.89. The highest BCUT2D eigenvalue weighted by Crippen LogP contribution is 2.30. The first-order valence-corrected chi connectivity index (χ1v) is 9.18. The van der Waals surface area contributed by atoms with Gasteiger partial charge in [-0.15, -0.1) is 6.58 Å². The van der Waals surface area contributed by atoms with Gasteiger partial charge in [-0.2, -0.15) is 0 Å². The van der Waals surface area contributed by atoms with E-state index >= 15 is 0 Å². The van der Waals surface area contributed by atoms with E-state index in [9.17, 15) is 23.3 Å². The number of amides is 1. The number of nitrogens with zero attached hydrogens (tertiary/aromatic N) is 3. The average molecular weight is 394 g/mol.